The minimum atomic E-state index is -0.448. The Hall–Kier alpha value is -1.85. The third-order valence-electron chi connectivity index (χ3n) is 5.77. The molecule has 0 saturated heterocycles. The van der Waals surface area contributed by atoms with Gasteiger partial charge in [-0.1, -0.05) is 33.6 Å². The van der Waals surface area contributed by atoms with Crippen LogP contribution >= 0.6 is 0 Å². The molecule has 1 N–H and O–H groups in total. The van der Waals surface area contributed by atoms with E-state index in [4.69, 9.17) is 0 Å². The minimum absolute atomic E-state index is 0.114. The first-order valence-corrected chi connectivity index (χ1v) is 9.96. The quantitative estimate of drug-likeness (QED) is 0.772. The number of nitrogens with one attached hydrogen (secondary N) is 1. The van der Waals surface area contributed by atoms with Crippen molar-refractivity contribution in [3.63, 3.8) is 0 Å². The first-order valence-electron chi connectivity index (χ1n) is 9.96. The third-order valence-corrected chi connectivity index (χ3v) is 5.77. The minimum Gasteiger partial charge on any atom is -0.351 e. The molecular formula is C20H34N4O2. The largest absolute Gasteiger partial charge is 0.351 e. The van der Waals surface area contributed by atoms with Gasteiger partial charge >= 0.3 is 0 Å². The van der Waals surface area contributed by atoms with Crippen LogP contribution in [0.25, 0.3) is 0 Å². The molecule has 1 aromatic rings. The number of carbonyl (C=O) groups is 2. The summed E-state index contributed by atoms with van der Waals surface area (Å²) in [5.74, 6) is 0.00984. The van der Waals surface area contributed by atoms with Crippen molar-refractivity contribution in [2.45, 2.75) is 71.8 Å². The third kappa shape index (κ3) is 3.94. The van der Waals surface area contributed by atoms with Crippen molar-refractivity contribution in [3.8, 4) is 0 Å². The maximum atomic E-state index is 12.8. The van der Waals surface area contributed by atoms with Crippen LogP contribution < -0.4 is 5.32 Å². The van der Waals surface area contributed by atoms with Gasteiger partial charge in [-0.25, -0.2) is 0 Å². The maximum Gasteiger partial charge on any atom is 0.254 e. The van der Waals surface area contributed by atoms with Gasteiger partial charge in [0.25, 0.3) is 5.91 Å². The summed E-state index contributed by atoms with van der Waals surface area (Å²) >= 11 is 0. The van der Waals surface area contributed by atoms with Gasteiger partial charge in [0.05, 0.1) is 28.9 Å². The van der Waals surface area contributed by atoms with Crippen LogP contribution in [-0.2, 0) is 11.2 Å². The average molecular weight is 363 g/mol. The van der Waals surface area contributed by atoms with Gasteiger partial charge in [0.2, 0.25) is 5.91 Å². The van der Waals surface area contributed by atoms with E-state index in [9.17, 15) is 9.59 Å². The molecule has 1 saturated carbocycles. The van der Waals surface area contributed by atoms with E-state index in [0.717, 1.165) is 50.6 Å². The molecule has 0 aromatic carbocycles. The van der Waals surface area contributed by atoms with E-state index in [1.807, 2.05) is 4.68 Å². The SMILES string of the molecule is CCc1c(C(=O)NCC2(C(=O)N(C)C)CCCC2)cnn1C(CC)CC. The van der Waals surface area contributed by atoms with Crippen molar-refractivity contribution < 1.29 is 9.59 Å². The Morgan fingerprint density at radius 2 is 1.85 bits per heavy atom. The van der Waals surface area contributed by atoms with Crippen LogP contribution in [-0.4, -0.2) is 47.1 Å². The van der Waals surface area contributed by atoms with Gasteiger partial charge in [-0.3, -0.25) is 14.3 Å². The average Bonchev–Trinajstić information content (AvgIpc) is 3.28. The molecule has 2 rings (SSSR count). The molecule has 6 heteroatoms. The normalized spacial score (nSPS) is 16.1. The van der Waals surface area contributed by atoms with E-state index in [0.29, 0.717) is 18.2 Å². The first kappa shape index (κ1) is 20.5. The molecular weight excluding hydrogens is 328 g/mol. The Morgan fingerprint density at radius 1 is 1.23 bits per heavy atom. The Kier molecular flexibility index (Phi) is 6.84. The zero-order valence-corrected chi connectivity index (χ0v) is 17.0. The second-order valence-electron chi connectivity index (χ2n) is 7.64. The highest BCUT2D eigenvalue weighted by molar-refractivity contribution is 5.95. The number of hydrogen-bond donors (Lipinski definition) is 1. The van der Waals surface area contributed by atoms with Crippen molar-refractivity contribution >= 4 is 11.8 Å². The lowest BCUT2D eigenvalue weighted by molar-refractivity contribution is -0.138. The number of amides is 2. The Labute approximate surface area is 157 Å². The molecule has 0 atom stereocenters. The number of carbonyl (C=O) groups excluding carboxylic acids is 2. The van der Waals surface area contributed by atoms with Gasteiger partial charge in [0.15, 0.2) is 0 Å². The monoisotopic (exact) mass is 362 g/mol. The predicted octanol–water partition coefficient (Wildman–Crippen LogP) is 3.19. The Balaban J connectivity index is 2.16. The lowest BCUT2D eigenvalue weighted by Crippen LogP contribution is -2.46. The van der Waals surface area contributed by atoms with Crippen molar-refractivity contribution in [3.05, 3.63) is 17.5 Å². The highest BCUT2D eigenvalue weighted by atomic mass is 16.2. The summed E-state index contributed by atoms with van der Waals surface area (Å²) in [7, 11) is 3.58. The molecule has 1 aromatic heterocycles. The van der Waals surface area contributed by atoms with E-state index in [2.05, 4.69) is 31.2 Å². The van der Waals surface area contributed by atoms with Crippen LogP contribution in [0.2, 0.25) is 0 Å². The molecule has 146 valence electrons. The van der Waals surface area contributed by atoms with Gasteiger partial charge in [-0.2, -0.15) is 5.10 Å². The second-order valence-corrected chi connectivity index (χ2v) is 7.64. The number of nitrogens with zero attached hydrogens (tertiary/aromatic N) is 3. The molecule has 0 aliphatic heterocycles. The predicted molar refractivity (Wildman–Crippen MR) is 103 cm³/mol. The summed E-state index contributed by atoms with van der Waals surface area (Å²) in [6.07, 6.45) is 8.21. The molecule has 1 aliphatic carbocycles. The van der Waals surface area contributed by atoms with Gasteiger partial charge in [-0.15, -0.1) is 0 Å². The van der Waals surface area contributed by atoms with Crippen LogP contribution in [0.3, 0.4) is 0 Å². The smallest absolute Gasteiger partial charge is 0.254 e. The summed E-state index contributed by atoms with van der Waals surface area (Å²) in [5, 5.41) is 7.53. The van der Waals surface area contributed by atoms with Crippen LogP contribution in [0.5, 0.6) is 0 Å². The highest BCUT2D eigenvalue weighted by Gasteiger charge is 2.42. The van der Waals surface area contributed by atoms with Gasteiger partial charge in [-0.05, 0) is 32.1 Å². The van der Waals surface area contributed by atoms with E-state index in [-0.39, 0.29) is 11.8 Å². The zero-order chi connectivity index (χ0) is 19.3. The Bertz CT molecular complexity index is 626. The molecule has 2 amide bonds. The summed E-state index contributed by atoms with van der Waals surface area (Å²) in [6.45, 7) is 6.75. The summed E-state index contributed by atoms with van der Waals surface area (Å²) in [5.41, 5.74) is 1.18. The molecule has 1 fully saturated rings. The lowest BCUT2D eigenvalue weighted by Gasteiger charge is -2.30. The molecule has 0 bridgehead atoms. The second kappa shape index (κ2) is 8.69. The standard InChI is InChI=1S/C20H34N4O2/c1-6-15(7-2)24-17(8-3)16(13-22-24)18(25)21-14-20(11-9-10-12-20)19(26)23(4)5/h13,15H,6-12,14H2,1-5H3,(H,21,25). The van der Waals surface area contributed by atoms with Crippen LogP contribution in [0.1, 0.15) is 81.4 Å². The van der Waals surface area contributed by atoms with E-state index < -0.39 is 5.41 Å². The summed E-state index contributed by atoms with van der Waals surface area (Å²) in [4.78, 5) is 27.2. The van der Waals surface area contributed by atoms with Crippen LogP contribution in [0.15, 0.2) is 6.20 Å². The van der Waals surface area contributed by atoms with Crippen molar-refractivity contribution in [1.82, 2.24) is 20.0 Å². The van der Waals surface area contributed by atoms with Crippen LogP contribution in [0.4, 0.5) is 0 Å². The fourth-order valence-corrected chi connectivity index (χ4v) is 4.22. The van der Waals surface area contributed by atoms with Crippen molar-refractivity contribution in [2.24, 2.45) is 5.41 Å². The van der Waals surface area contributed by atoms with E-state index in [1.165, 1.54) is 0 Å². The molecule has 6 nitrogen and oxygen atoms in total. The topological polar surface area (TPSA) is 67.2 Å². The Morgan fingerprint density at radius 3 is 2.35 bits per heavy atom. The van der Waals surface area contributed by atoms with Crippen molar-refractivity contribution in [2.75, 3.05) is 20.6 Å². The maximum absolute atomic E-state index is 12.8. The molecule has 0 spiro atoms. The summed E-state index contributed by atoms with van der Waals surface area (Å²) < 4.78 is 2.01. The molecule has 1 aliphatic rings. The van der Waals surface area contributed by atoms with Gasteiger partial charge in [0.1, 0.15) is 0 Å². The molecule has 1 heterocycles. The number of aromatic nitrogens is 2. The fraction of sp³-hybridized carbons (Fsp3) is 0.750. The summed E-state index contributed by atoms with van der Waals surface area (Å²) in [6, 6.07) is 0.322. The van der Waals surface area contributed by atoms with Gasteiger partial charge in [0, 0.05) is 20.6 Å². The molecule has 26 heavy (non-hydrogen) atoms. The van der Waals surface area contributed by atoms with E-state index >= 15 is 0 Å². The van der Waals surface area contributed by atoms with Gasteiger partial charge < -0.3 is 10.2 Å². The highest BCUT2D eigenvalue weighted by Crippen LogP contribution is 2.39. The van der Waals surface area contributed by atoms with Crippen LogP contribution in [0, 0.1) is 5.41 Å². The first-order chi connectivity index (χ1) is 12.4. The van der Waals surface area contributed by atoms with Crippen molar-refractivity contribution in [1.29, 1.82) is 0 Å². The van der Waals surface area contributed by atoms with E-state index in [1.54, 1.807) is 25.2 Å². The number of rotatable bonds is 8. The zero-order valence-electron chi connectivity index (χ0n) is 17.0. The lowest BCUT2D eigenvalue weighted by atomic mass is 9.84. The fourth-order valence-electron chi connectivity index (χ4n) is 4.22. The number of hydrogen-bond acceptors (Lipinski definition) is 3. The molecule has 0 unspecified atom stereocenters. The molecule has 0 radical (unpaired) electrons.